The topological polar surface area (TPSA) is 93.3 Å². The zero-order valence-corrected chi connectivity index (χ0v) is 16.1. The molecule has 0 spiro atoms. The summed E-state index contributed by atoms with van der Waals surface area (Å²) in [4.78, 5) is 34.8. The van der Waals surface area contributed by atoms with Gasteiger partial charge in [0, 0.05) is 37.9 Å². The molecule has 0 bridgehead atoms. The van der Waals surface area contributed by atoms with E-state index in [-0.39, 0.29) is 24.3 Å². The first kappa shape index (κ1) is 19.1. The SMILES string of the molecule is Cc1nccn1CC(=O)NCC1CCN(C(=O)c2ncoc2C(C)C)CC1. The standard InChI is InChI=1S/C19H27N5O3/c1-13(2)18-17(22-12-27-18)19(26)23-7-4-15(5-8-23)10-21-16(25)11-24-9-6-20-14(24)3/h6,9,12-13,15H,4-5,7-8,10-11H2,1-3H3,(H,21,25). The molecular formula is C19H27N5O3. The van der Waals surface area contributed by atoms with Crippen molar-refractivity contribution >= 4 is 11.8 Å². The molecule has 1 fully saturated rings. The molecule has 0 unspecified atom stereocenters. The number of carbonyl (C=O) groups excluding carboxylic acids is 2. The number of rotatable bonds is 6. The van der Waals surface area contributed by atoms with Crippen LogP contribution in [0.2, 0.25) is 0 Å². The summed E-state index contributed by atoms with van der Waals surface area (Å²) in [7, 11) is 0. The van der Waals surface area contributed by atoms with Crippen molar-refractivity contribution in [2.24, 2.45) is 5.92 Å². The number of hydrogen-bond acceptors (Lipinski definition) is 5. The predicted octanol–water partition coefficient (Wildman–Crippen LogP) is 1.97. The average Bonchev–Trinajstić information content (AvgIpc) is 3.29. The lowest BCUT2D eigenvalue weighted by Gasteiger charge is -2.31. The van der Waals surface area contributed by atoms with Crippen LogP contribution >= 0.6 is 0 Å². The number of aryl methyl sites for hydroxylation is 1. The molecule has 1 aliphatic heterocycles. The molecule has 8 heteroatoms. The third-order valence-electron chi connectivity index (χ3n) is 5.05. The Bertz CT molecular complexity index is 787. The Hall–Kier alpha value is -2.64. The van der Waals surface area contributed by atoms with Crippen LogP contribution in [0.1, 0.15) is 54.7 Å². The molecule has 0 aliphatic carbocycles. The van der Waals surface area contributed by atoms with Crippen LogP contribution in [0.4, 0.5) is 0 Å². The Kier molecular flexibility index (Phi) is 5.93. The van der Waals surface area contributed by atoms with E-state index < -0.39 is 0 Å². The summed E-state index contributed by atoms with van der Waals surface area (Å²) in [5.74, 6) is 1.89. The van der Waals surface area contributed by atoms with Gasteiger partial charge in [0.25, 0.3) is 5.91 Å². The van der Waals surface area contributed by atoms with Crippen LogP contribution in [0.15, 0.2) is 23.2 Å². The monoisotopic (exact) mass is 373 g/mol. The Labute approximate surface area is 159 Å². The molecule has 0 aromatic carbocycles. The van der Waals surface area contributed by atoms with E-state index in [1.165, 1.54) is 6.39 Å². The lowest BCUT2D eigenvalue weighted by molar-refractivity contribution is -0.121. The van der Waals surface area contributed by atoms with Crippen molar-refractivity contribution in [1.82, 2.24) is 24.8 Å². The van der Waals surface area contributed by atoms with Gasteiger partial charge in [0.15, 0.2) is 12.1 Å². The Balaban J connectivity index is 1.45. The number of aromatic nitrogens is 3. The molecule has 2 aromatic rings. The maximum atomic E-state index is 12.7. The molecule has 1 aliphatic rings. The van der Waals surface area contributed by atoms with Crippen LogP contribution in [0.25, 0.3) is 0 Å². The van der Waals surface area contributed by atoms with Gasteiger partial charge in [-0.25, -0.2) is 9.97 Å². The molecule has 2 aromatic heterocycles. The molecule has 146 valence electrons. The second kappa shape index (κ2) is 8.37. The summed E-state index contributed by atoms with van der Waals surface area (Å²) < 4.78 is 7.18. The highest BCUT2D eigenvalue weighted by atomic mass is 16.3. The van der Waals surface area contributed by atoms with Crippen molar-refractivity contribution in [3.63, 3.8) is 0 Å². The van der Waals surface area contributed by atoms with Crippen molar-refractivity contribution in [2.75, 3.05) is 19.6 Å². The lowest BCUT2D eigenvalue weighted by atomic mass is 9.96. The largest absolute Gasteiger partial charge is 0.447 e. The molecule has 1 saturated heterocycles. The molecular weight excluding hydrogens is 346 g/mol. The van der Waals surface area contributed by atoms with Crippen molar-refractivity contribution in [3.05, 3.63) is 36.1 Å². The fourth-order valence-corrected chi connectivity index (χ4v) is 3.35. The number of amides is 2. The summed E-state index contributed by atoms with van der Waals surface area (Å²) in [5, 5.41) is 3.00. The van der Waals surface area contributed by atoms with Gasteiger partial charge in [-0.3, -0.25) is 9.59 Å². The zero-order valence-electron chi connectivity index (χ0n) is 16.1. The third-order valence-corrected chi connectivity index (χ3v) is 5.05. The summed E-state index contributed by atoms with van der Waals surface area (Å²) in [6.45, 7) is 8.10. The number of carbonyl (C=O) groups is 2. The molecule has 0 radical (unpaired) electrons. The second-order valence-corrected chi connectivity index (χ2v) is 7.36. The molecule has 0 atom stereocenters. The zero-order chi connectivity index (χ0) is 19.4. The minimum atomic E-state index is -0.0643. The quantitative estimate of drug-likeness (QED) is 0.836. The molecule has 0 saturated carbocycles. The maximum Gasteiger partial charge on any atom is 0.276 e. The summed E-state index contributed by atoms with van der Waals surface area (Å²) in [5.41, 5.74) is 0.424. The molecule has 3 heterocycles. The van der Waals surface area contributed by atoms with E-state index in [0.29, 0.717) is 37.0 Å². The summed E-state index contributed by atoms with van der Waals surface area (Å²) in [6.07, 6.45) is 6.56. The van der Waals surface area contributed by atoms with E-state index in [1.54, 1.807) is 12.4 Å². The van der Waals surface area contributed by atoms with Crippen molar-refractivity contribution < 1.29 is 14.0 Å². The van der Waals surface area contributed by atoms with Crippen molar-refractivity contribution in [3.8, 4) is 0 Å². The third kappa shape index (κ3) is 4.56. The van der Waals surface area contributed by atoms with Gasteiger partial charge in [-0.1, -0.05) is 13.8 Å². The minimum absolute atomic E-state index is 0.0150. The van der Waals surface area contributed by atoms with Crippen molar-refractivity contribution in [2.45, 2.75) is 46.1 Å². The van der Waals surface area contributed by atoms with Gasteiger partial charge in [0.1, 0.15) is 18.1 Å². The predicted molar refractivity (Wildman–Crippen MR) is 99.2 cm³/mol. The van der Waals surface area contributed by atoms with Gasteiger partial charge in [0.2, 0.25) is 5.91 Å². The van der Waals surface area contributed by atoms with Crippen LogP contribution < -0.4 is 5.32 Å². The number of nitrogens with zero attached hydrogens (tertiary/aromatic N) is 4. The first-order valence-corrected chi connectivity index (χ1v) is 9.42. The van der Waals surface area contributed by atoms with Gasteiger partial charge in [0.05, 0.1) is 0 Å². The normalized spacial score (nSPS) is 15.3. The van der Waals surface area contributed by atoms with Crippen LogP contribution in [-0.4, -0.2) is 50.9 Å². The van der Waals surface area contributed by atoms with E-state index in [1.807, 2.05) is 30.2 Å². The summed E-state index contributed by atoms with van der Waals surface area (Å²) >= 11 is 0. The highest BCUT2D eigenvalue weighted by Crippen LogP contribution is 2.23. The molecule has 2 amide bonds. The fourth-order valence-electron chi connectivity index (χ4n) is 3.35. The number of likely N-dealkylation sites (tertiary alicyclic amines) is 1. The van der Waals surface area contributed by atoms with E-state index in [4.69, 9.17) is 4.42 Å². The maximum absolute atomic E-state index is 12.7. The van der Waals surface area contributed by atoms with Crippen LogP contribution in [0.5, 0.6) is 0 Å². The molecule has 1 N–H and O–H groups in total. The smallest absolute Gasteiger partial charge is 0.276 e. The fraction of sp³-hybridized carbons (Fsp3) is 0.579. The Morgan fingerprint density at radius 1 is 1.30 bits per heavy atom. The van der Waals surface area contributed by atoms with Crippen LogP contribution in [0, 0.1) is 12.8 Å². The van der Waals surface area contributed by atoms with E-state index >= 15 is 0 Å². The van der Waals surface area contributed by atoms with Crippen molar-refractivity contribution in [1.29, 1.82) is 0 Å². The highest BCUT2D eigenvalue weighted by molar-refractivity contribution is 5.93. The van der Waals surface area contributed by atoms with Crippen LogP contribution in [0.3, 0.4) is 0 Å². The first-order valence-electron chi connectivity index (χ1n) is 9.42. The first-order chi connectivity index (χ1) is 13.0. The van der Waals surface area contributed by atoms with E-state index in [9.17, 15) is 9.59 Å². The van der Waals surface area contributed by atoms with E-state index in [0.717, 1.165) is 18.7 Å². The molecule has 3 rings (SSSR count). The lowest BCUT2D eigenvalue weighted by Crippen LogP contribution is -2.42. The van der Waals surface area contributed by atoms with Gasteiger partial charge in [-0.2, -0.15) is 0 Å². The minimum Gasteiger partial charge on any atom is -0.447 e. The van der Waals surface area contributed by atoms with Gasteiger partial charge in [-0.15, -0.1) is 0 Å². The Morgan fingerprint density at radius 3 is 2.67 bits per heavy atom. The Morgan fingerprint density at radius 2 is 2.04 bits per heavy atom. The average molecular weight is 373 g/mol. The summed E-state index contributed by atoms with van der Waals surface area (Å²) in [6, 6.07) is 0. The number of nitrogens with one attached hydrogen (secondary N) is 1. The number of oxazole rings is 1. The highest BCUT2D eigenvalue weighted by Gasteiger charge is 2.28. The number of piperidine rings is 1. The number of hydrogen-bond donors (Lipinski definition) is 1. The second-order valence-electron chi connectivity index (χ2n) is 7.36. The van der Waals surface area contributed by atoms with Gasteiger partial charge in [-0.05, 0) is 25.7 Å². The van der Waals surface area contributed by atoms with Crippen LogP contribution in [-0.2, 0) is 11.3 Å². The number of imidazole rings is 1. The van der Waals surface area contributed by atoms with Gasteiger partial charge >= 0.3 is 0 Å². The molecule has 27 heavy (non-hydrogen) atoms. The van der Waals surface area contributed by atoms with E-state index in [2.05, 4.69) is 15.3 Å². The van der Waals surface area contributed by atoms with Gasteiger partial charge < -0.3 is 19.2 Å². The molecule has 8 nitrogen and oxygen atoms in total.